The molecule has 0 aliphatic heterocycles. The number of nitrogens with one attached hydrogen (secondary N) is 1. The van der Waals surface area contributed by atoms with E-state index in [1.165, 1.54) is 19.1 Å². The van der Waals surface area contributed by atoms with Crippen LogP contribution in [0.25, 0.3) is 0 Å². The van der Waals surface area contributed by atoms with Crippen molar-refractivity contribution in [2.45, 2.75) is 38.1 Å². The summed E-state index contributed by atoms with van der Waals surface area (Å²) in [5.74, 6) is 0.126. The lowest BCUT2D eigenvalue weighted by molar-refractivity contribution is -0.119. The maximum atomic E-state index is 12.3. The summed E-state index contributed by atoms with van der Waals surface area (Å²) >= 11 is 0. The summed E-state index contributed by atoms with van der Waals surface area (Å²) in [6.45, 7) is 5.32. The van der Waals surface area contributed by atoms with Crippen molar-refractivity contribution in [1.29, 1.82) is 0 Å². The summed E-state index contributed by atoms with van der Waals surface area (Å²) in [5.41, 5.74) is 1.87. The Labute approximate surface area is 142 Å². The van der Waals surface area contributed by atoms with E-state index in [9.17, 15) is 13.2 Å². The molecule has 1 amide bonds. The van der Waals surface area contributed by atoms with E-state index in [1.807, 2.05) is 13.8 Å². The third-order valence-electron chi connectivity index (χ3n) is 3.58. The predicted molar refractivity (Wildman–Crippen MR) is 92.3 cm³/mol. The van der Waals surface area contributed by atoms with Crippen LogP contribution in [0, 0.1) is 6.92 Å². The van der Waals surface area contributed by atoms with E-state index in [2.05, 4.69) is 5.32 Å². The summed E-state index contributed by atoms with van der Waals surface area (Å²) in [6, 6.07) is 13.1. The van der Waals surface area contributed by atoms with Gasteiger partial charge >= 0.3 is 10.1 Å². The fraction of sp³-hybridized carbons (Fsp3) is 0.278. The van der Waals surface area contributed by atoms with E-state index >= 15 is 0 Å². The third kappa shape index (κ3) is 4.58. The van der Waals surface area contributed by atoms with Crippen LogP contribution in [0.2, 0.25) is 0 Å². The van der Waals surface area contributed by atoms with Crippen molar-refractivity contribution in [2.24, 2.45) is 0 Å². The Hall–Kier alpha value is -2.34. The fourth-order valence-electron chi connectivity index (χ4n) is 2.30. The second kappa shape index (κ2) is 7.49. The van der Waals surface area contributed by atoms with Gasteiger partial charge in [-0.05, 0) is 43.2 Å². The van der Waals surface area contributed by atoms with Crippen molar-refractivity contribution < 1.29 is 17.4 Å². The molecule has 2 rings (SSSR count). The normalized spacial score (nSPS) is 12.5. The lowest BCUT2D eigenvalue weighted by atomic mass is 10.0. The van der Waals surface area contributed by atoms with Crippen LogP contribution in [0.4, 0.5) is 0 Å². The Balaban J connectivity index is 2.16. The highest BCUT2D eigenvalue weighted by Gasteiger charge is 2.17. The Morgan fingerprint density at radius 2 is 1.67 bits per heavy atom. The highest BCUT2D eigenvalue weighted by atomic mass is 32.2. The van der Waals surface area contributed by atoms with Crippen LogP contribution in [0.3, 0.4) is 0 Å². The zero-order valence-corrected chi connectivity index (χ0v) is 14.8. The highest BCUT2D eigenvalue weighted by Crippen LogP contribution is 2.23. The quantitative estimate of drug-likeness (QED) is 0.814. The molecule has 0 spiro atoms. The van der Waals surface area contributed by atoms with Gasteiger partial charge in [0.2, 0.25) is 5.91 Å². The first-order valence-corrected chi connectivity index (χ1v) is 9.11. The molecule has 0 aliphatic rings. The van der Waals surface area contributed by atoms with Crippen LogP contribution in [0.5, 0.6) is 5.75 Å². The van der Waals surface area contributed by atoms with Gasteiger partial charge in [-0.3, -0.25) is 4.79 Å². The van der Waals surface area contributed by atoms with Gasteiger partial charge in [-0.15, -0.1) is 0 Å². The maximum Gasteiger partial charge on any atom is 0.339 e. The van der Waals surface area contributed by atoms with Gasteiger partial charge in [-0.1, -0.05) is 36.8 Å². The largest absolute Gasteiger partial charge is 0.379 e. The molecule has 0 fully saturated rings. The maximum absolute atomic E-state index is 12.3. The van der Waals surface area contributed by atoms with Crippen molar-refractivity contribution in [3.05, 3.63) is 59.7 Å². The van der Waals surface area contributed by atoms with Crippen molar-refractivity contribution in [2.75, 3.05) is 0 Å². The number of amides is 1. The standard InChI is InChI=1S/C18H21NO4S/c1-4-18(19-14(3)20)15-7-9-16(10-8-15)23-24(21,22)17-11-5-13(2)6-12-17/h5-12,18H,4H2,1-3H3,(H,19,20). The van der Waals surface area contributed by atoms with E-state index in [0.29, 0.717) is 0 Å². The van der Waals surface area contributed by atoms with Crippen molar-refractivity contribution in [1.82, 2.24) is 5.32 Å². The van der Waals surface area contributed by atoms with Gasteiger partial charge in [0.05, 0.1) is 6.04 Å². The molecule has 0 radical (unpaired) electrons. The van der Waals surface area contributed by atoms with Crippen LogP contribution in [-0.4, -0.2) is 14.3 Å². The molecule has 1 unspecified atom stereocenters. The Morgan fingerprint density at radius 3 is 2.17 bits per heavy atom. The highest BCUT2D eigenvalue weighted by molar-refractivity contribution is 7.87. The van der Waals surface area contributed by atoms with E-state index in [1.54, 1.807) is 36.4 Å². The molecule has 0 bridgehead atoms. The van der Waals surface area contributed by atoms with E-state index < -0.39 is 10.1 Å². The molecule has 0 aliphatic carbocycles. The fourth-order valence-corrected chi connectivity index (χ4v) is 3.23. The zero-order chi connectivity index (χ0) is 17.7. The monoisotopic (exact) mass is 347 g/mol. The number of hydrogen-bond acceptors (Lipinski definition) is 4. The van der Waals surface area contributed by atoms with Crippen molar-refractivity contribution >= 4 is 16.0 Å². The van der Waals surface area contributed by atoms with Crippen LogP contribution < -0.4 is 9.50 Å². The van der Waals surface area contributed by atoms with Crippen LogP contribution in [0.15, 0.2) is 53.4 Å². The Kier molecular flexibility index (Phi) is 5.62. The minimum Gasteiger partial charge on any atom is -0.379 e. The molecule has 24 heavy (non-hydrogen) atoms. The molecular weight excluding hydrogens is 326 g/mol. The van der Waals surface area contributed by atoms with Gasteiger partial charge < -0.3 is 9.50 Å². The summed E-state index contributed by atoms with van der Waals surface area (Å²) in [4.78, 5) is 11.3. The first-order valence-electron chi connectivity index (χ1n) is 7.70. The number of rotatable bonds is 6. The topological polar surface area (TPSA) is 72.5 Å². The molecule has 0 saturated carbocycles. The number of aryl methyl sites for hydroxylation is 1. The number of carbonyl (C=O) groups excluding carboxylic acids is 1. The molecule has 0 saturated heterocycles. The lowest BCUT2D eigenvalue weighted by Gasteiger charge is -2.16. The zero-order valence-electron chi connectivity index (χ0n) is 13.9. The minimum atomic E-state index is -3.86. The number of hydrogen-bond donors (Lipinski definition) is 1. The number of benzene rings is 2. The van der Waals surface area contributed by atoms with Gasteiger partial charge in [-0.25, -0.2) is 0 Å². The van der Waals surface area contributed by atoms with Gasteiger partial charge in [0.15, 0.2) is 0 Å². The minimum absolute atomic E-state index is 0.106. The Morgan fingerprint density at radius 1 is 1.08 bits per heavy atom. The van der Waals surface area contributed by atoms with E-state index in [4.69, 9.17) is 4.18 Å². The van der Waals surface area contributed by atoms with E-state index in [-0.39, 0.29) is 22.6 Å². The SMILES string of the molecule is CCC(NC(C)=O)c1ccc(OS(=O)(=O)c2ccc(C)cc2)cc1. The van der Waals surface area contributed by atoms with Crippen LogP contribution >= 0.6 is 0 Å². The predicted octanol–water partition coefficient (Wildman–Crippen LogP) is 3.35. The average molecular weight is 347 g/mol. The molecule has 0 heterocycles. The summed E-state index contributed by atoms with van der Waals surface area (Å²) < 4.78 is 29.7. The smallest absolute Gasteiger partial charge is 0.339 e. The first kappa shape index (κ1) is 18.0. The second-order valence-electron chi connectivity index (χ2n) is 5.58. The lowest BCUT2D eigenvalue weighted by Crippen LogP contribution is -2.25. The molecule has 2 aromatic carbocycles. The summed E-state index contributed by atoms with van der Waals surface area (Å²) in [5, 5.41) is 2.85. The molecular formula is C18H21NO4S. The van der Waals surface area contributed by atoms with Gasteiger partial charge in [0.1, 0.15) is 10.6 Å². The molecule has 5 nitrogen and oxygen atoms in total. The second-order valence-corrected chi connectivity index (χ2v) is 7.13. The number of carbonyl (C=O) groups is 1. The molecule has 6 heteroatoms. The molecule has 128 valence electrons. The summed E-state index contributed by atoms with van der Waals surface area (Å²) in [6.07, 6.45) is 0.738. The molecule has 1 N–H and O–H groups in total. The van der Waals surface area contributed by atoms with Gasteiger partial charge in [0.25, 0.3) is 0 Å². The third-order valence-corrected chi connectivity index (χ3v) is 4.85. The van der Waals surface area contributed by atoms with Crippen molar-refractivity contribution in [3.63, 3.8) is 0 Å². The molecule has 2 aromatic rings. The molecule has 0 aromatic heterocycles. The average Bonchev–Trinajstić information content (AvgIpc) is 2.53. The van der Waals surface area contributed by atoms with Gasteiger partial charge in [0, 0.05) is 6.92 Å². The Bertz CT molecular complexity index is 796. The molecule has 1 atom stereocenters. The first-order chi connectivity index (χ1) is 11.3. The van der Waals surface area contributed by atoms with Crippen LogP contribution in [-0.2, 0) is 14.9 Å². The van der Waals surface area contributed by atoms with Crippen molar-refractivity contribution in [3.8, 4) is 5.75 Å². The van der Waals surface area contributed by atoms with E-state index in [0.717, 1.165) is 17.5 Å². The van der Waals surface area contributed by atoms with Crippen LogP contribution in [0.1, 0.15) is 37.4 Å². The summed E-state index contributed by atoms with van der Waals surface area (Å²) in [7, 11) is -3.86. The van der Waals surface area contributed by atoms with Gasteiger partial charge in [-0.2, -0.15) is 8.42 Å².